The number of carbonyl (C=O) groups excluding carboxylic acids is 2. The van der Waals surface area contributed by atoms with E-state index in [-0.39, 0.29) is 18.1 Å². The second kappa shape index (κ2) is 12.3. The lowest BCUT2D eigenvalue weighted by atomic mass is 10.1. The van der Waals surface area contributed by atoms with Crippen LogP contribution in [0.25, 0.3) is 0 Å². The lowest BCUT2D eigenvalue weighted by molar-refractivity contribution is -0.139. The molecule has 0 spiro atoms. The van der Waals surface area contributed by atoms with Crippen molar-refractivity contribution in [2.75, 3.05) is 23.7 Å². The number of hydrogen-bond acceptors (Lipinski definition) is 4. The highest BCUT2D eigenvalue weighted by Crippen LogP contribution is 2.23. The van der Waals surface area contributed by atoms with E-state index >= 15 is 0 Å². The van der Waals surface area contributed by atoms with Crippen LogP contribution in [0.5, 0.6) is 0 Å². The summed E-state index contributed by atoms with van der Waals surface area (Å²) in [7, 11) is -3.81. The molecule has 2 amide bonds. The number of amides is 2. The Morgan fingerprint density at radius 2 is 1.79 bits per heavy atom. The largest absolute Gasteiger partial charge is 0.354 e. The highest BCUT2D eigenvalue weighted by molar-refractivity contribution is 7.92. The molecule has 10 heteroatoms. The zero-order valence-electron chi connectivity index (χ0n) is 18.9. The van der Waals surface area contributed by atoms with Crippen LogP contribution < -0.4 is 9.62 Å². The Morgan fingerprint density at radius 1 is 1.09 bits per heavy atom. The van der Waals surface area contributed by atoms with Gasteiger partial charge in [-0.2, -0.15) is 0 Å². The lowest BCUT2D eigenvalue weighted by Crippen LogP contribution is -2.51. The molecule has 1 N–H and O–H groups in total. The van der Waals surface area contributed by atoms with Crippen LogP contribution in [-0.4, -0.2) is 50.5 Å². The molecule has 0 fully saturated rings. The molecule has 0 heterocycles. The first-order valence-corrected chi connectivity index (χ1v) is 13.2. The van der Waals surface area contributed by atoms with E-state index < -0.39 is 28.5 Å². The summed E-state index contributed by atoms with van der Waals surface area (Å²) in [6, 6.07) is 12.4. The van der Waals surface area contributed by atoms with Crippen molar-refractivity contribution >= 4 is 50.7 Å². The summed E-state index contributed by atoms with van der Waals surface area (Å²) in [5.74, 6) is -0.865. The molecule has 0 aliphatic carbocycles. The van der Waals surface area contributed by atoms with E-state index in [0.717, 1.165) is 23.4 Å². The number of rotatable bonds is 11. The first kappa shape index (κ1) is 27.0. The van der Waals surface area contributed by atoms with E-state index in [1.807, 2.05) is 6.92 Å². The van der Waals surface area contributed by atoms with E-state index in [2.05, 4.69) is 5.32 Å². The molecule has 0 aliphatic rings. The average Bonchev–Trinajstić information content (AvgIpc) is 2.75. The van der Waals surface area contributed by atoms with Crippen molar-refractivity contribution in [1.29, 1.82) is 0 Å². The van der Waals surface area contributed by atoms with Crippen LogP contribution in [-0.2, 0) is 26.2 Å². The van der Waals surface area contributed by atoms with Gasteiger partial charge < -0.3 is 10.2 Å². The molecule has 180 valence electrons. The zero-order valence-corrected chi connectivity index (χ0v) is 21.3. The van der Waals surface area contributed by atoms with Crippen molar-refractivity contribution < 1.29 is 18.0 Å². The SMILES string of the molecule is CCCCNC(=O)[C@@H](C)N(Cc1ccccc1Cl)C(=O)CN(c1cccc(Cl)c1)S(C)(=O)=O. The van der Waals surface area contributed by atoms with Crippen molar-refractivity contribution in [3.8, 4) is 0 Å². The van der Waals surface area contributed by atoms with Crippen molar-refractivity contribution in [1.82, 2.24) is 10.2 Å². The number of anilines is 1. The van der Waals surface area contributed by atoms with Gasteiger partial charge in [0.2, 0.25) is 21.8 Å². The van der Waals surface area contributed by atoms with E-state index in [1.54, 1.807) is 49.4 Å². The summed E-state index contributed by atoms with van der Waals surface area (Å²) in [6.07, 6.45) is 2.74. The first-order valence-electron chi connectivity index (χ1n) is 10.6. The van der Waals surface area contributed by atoms with Gasteiger partial charge in [0, 0.05) is 23.1 Å². The van der Waals surface area contributed by atoms with Crippen LogP contribution in [0.2, 0.25) is 10.0 Å². The summed E-state index contributed by atoms with van der Waals surface area (Å²) >= 11 is 12.3. The van der Waals surface area contributed by atoms with Crippen LogP contribution in [0, 0.1) is 0 Å². The fourth-order valence-electron chi connectivity index (χ4n) is 3.17. The molecule has 33 heavy (non-hydrogen) atoms. The number of hydrogen-bond donors (Lipinski definition) is 1. The lowest BCUT2D eigenvalue weighted by Gasteiger charge is -2.31. The Kier molecular flexibility index (Phi) is 10.0. The summed E-state index contributed by atoms with van der Waals surface area (Å²) in [5, 5.41) is 3.61. The maximum absolute atomic E-state index is 13.4. The average molecular weight is 514 g/mol. The minimum atomic E-state index is -3.81. The molecule has 1 atom stereocenters. The first-order chi connectivity index (χ1) is 15.5. The standard InChI is InChI=1S/C23H29Cl2N3O4S/c1-4-5-13-26-23(30)17(2)27(15-18-9-6-7-12-21(18)25)22(29)16-28(33(3,31)32)20-11-8-10-19(24)14-20/h6-12,14,17H,4-5,13,15-16H2,1-3H3,(H,26,30)/t17-/m1/s1. The van der Waals surface area contributed by atoms with Crippen molar-refractivity contribution in [3.05, 3.63) is 64.1 Å². The van der Waals surface area contributed by atoms with Gasteiger partial charge in [-0.15, -0.1) is 0 Å². The van der Waals surface area contributed by atoms with Gasteiger partial charge >= 0.3 is 0 Å². The molecule has 2 aromatic rings. The minimum absolute atomic E-state index is 0.0496. The van der Waals surface area contributed by atoms with E-state index in [0.29, 0.717) is 22.2 Å². The molecule has 0 aromatic heterocycles. The van der Waals surface area contributed by atoms with E-state index in [1.165, 1.54) is 11.0 Å². The Bertz CT molecular complexity index is 1080. The van der Waals surface area contributed by atoms with Gasteiger partial charge in [-0.05, 0) is 43.2 Å². The summed E-state index contributed by atoms with van der Waals surface area (Å²) < 4.78 is 26.0. The van der Waals surface area contributed by atoms with Crippen LogP contribution >= 0.6 is 23.2 Å². The van der Waals surface area contributed by atoms with Gasteiger partial charge in [0.05, 0.1) is 11.9 Å². The van der Waals surface area contributed by atoms with Gasteiger partial charge in [0.1, 0.15) is 12.6 Å². The predicted octanol–water partition coefficient (Wildman–Crippen LogP) is 4.09. The third-order valence-corrected chi connectivity index (χ3v) is 6.82. The fraction of sp³-hybridized carbons (Fsp3) is 0.391. The molecule has 2 aromatic carbocycles. The van der Waals surface area contributed by atoms with E-state index in [9.17, 15) is 18.0 Å². The summed E-state index contributed by atoms with van der Waals surface area (Å²) in [4.78, 5) is 27.5. The van der Waals surface area contributed by atoms with Crippen molar-refractivity contribution in [3.63, 3.8) is 0 Å². The van der Waals surface area contributed by atoms with Crippen LogP contribution in [0.4, 0.5) is 5.69 Å². The fourth-order valence-corrected chi connectivity index (χ4v) is 4.40. The number of nitrogens with zero attached hydrogens (tertiary/aromatic N) is 2. The number of halogens is 2. The molecule has 0 radical (unpaired) electrons. The summed E-state index contributed by atoms with van der Waals surface area (Å²) in [5.41, 5.74) is 0.908. The smallest absolute Gasteiger partial charge is 0.244 e. The third kappa shape index (κ3) is 7.91. The normalized spacial score (nSPS) is 12.2. The number of sulfonamides is 1. The second-order valence-electron chi connectivity index (χ2n) is 7.68. The van der Waals surface area contributed by atoms with Crippen molar-refractivity contribution in [2.24, 2.45) is 0 Å². The van der Waals surface area contributed by atoms with Crippen LogP contribution in [0.3, 0.4) is 0 Å². The second-order valence-corrected chi connectivity index (χ2v) is 10.4. The van der Waals surface area contributed by atoms with Gasteiger partial charge in [0.25, 0.3) is 0 Å². The topological polar surface area (TPSA) is 86.8 Å². The quantitative estimate of drug-likeness (QED) is 0.458. The van der Waals surface area contributed by atoms with Gasteiger partial charge in [-0.3, -0.25) is 13.9 Å². The Balaban J connectivity index is 2.36. The maximum Gasteiger partial charge on any atom is 0.244 e. The Hall–Kier alpha value is -2.29. The monoisotopic (exact) mass is 513 g/mol. The van der Waals surface area contributed by atoms with Crippen LogP contribution in [0.15, 0.2) is 48.5 Å². The Labute approximate surface area is 205 Å². The van der Waals surface area contributed by atoms with Crippen LogP contribution in [0.1, 0.15) is 32.3 Å². The molecular formula is C23H29Cl2N3O4S. The molecule has 0 unspecified atom stereocenters. The molecule has 0 saturated heterocycles. The summed E-state index contributed by atoms with van der Waals surface area (Å²) in [6.45, 7) is 3.68. The van der Waals surface area contributed by atoms with Gasteiger partial charge in [-0.25, -0.2) is 8.42 Å². The van der Waals surface area contributed by atoms with Gasteiger partial charge in [0.15, 0.2) is 0 Å². The number of benzene rings is 2. The molecule has 7 nitrogen and oxygen atoms in total. The predicted molar refractivity (Wildman–Crippen MR) is 133 cm³/mol. The minimum Gasteiger partial charge on any atom is -0.354 e. The third-order valence-electron chi connectivity index (χ3n) is 5.07. The number of nitrogens with one attached hydrogen (secondary N) is 1. The molecule has 0 saturated carbocycles. The van der Waals surface area contributed by atoms with Gasteiger partial charge in [-0.1, -0.05) is 60.8 Å². The Morgan fingerprint density at radius 3 is 2.39 bits per heavy atom. The van der Waals surface area contributed by atoms with E-state index in [4.69, 9.17) is 23.2 Å². The zero-order chi connectivity index (χ0) is 24.6. The molecular weight excluding hydrogens is 485 g/mol. The highest BCUT2D eigenvalue weighted by atomic mass is 35.5. The molecule has 0 aliphatic heterocycles. The molecule has 2 rings (SSSR count). The number of unbranched alkanes of at least 4 members (excludes halogenated alkanes) is 1. The highest BCUT2D eigenvalue weighted by Gasteiger charge is 2.30. The molecule has 0 bridgehead atoms. The maximum atomic E-state index is 13.4. The number of carbonyl (C=O) groups is 2. The van der Waals surface area contributed by atoms with Crippen molar-refractivity contribution in [2.45, 2.75) is 39.3 Å².